The van der Waals surface area contributed by atoms with E-state index >= 15 is 0 Å². The van der Waals surface area contributed by atoms with Crippen LogP contribution in [0.25, 0.3) is 0 Å². The Morgan fingerprint density at radius 3 is 2.86 bits per heavy atom. The summed E-state index contributed by atoms with van der Waals surface area (Å²) in [4.78, 5) is 10.9. The number of halogens is 1. The van der Waals surface area contributed by atoms with Crippen LogP contribution in [-0.2, 0) is 19.6 Å². The molecule has 1 N–H and O–H groups in total. The summed E-state index contributed by atoms with van der Waals surface area (Å²) in [5, 5.41) is 8.79. The number of benzene rings is 1. The molecule has 0 bridgehead atoms. The van der Waals surface area contributed by atoms with Crippen LogP contribution in [0.3, 0.4) is 0 Å². The molecule has 21 heavy (non-hydrogen) atoms. The van der Waals surface area contributed by atoms with Gasteiger partial charge in [-0.15, -0.1) is 0 Å². The maximum atomic E-state index is 12.6. The van der Waals surface area contributed by atoms with Gasteiger partial charge in [0.15, 0.2) is 0 Å². The zero-order valence-corrected chi connectivity index (χ0v) is 13.9. The number of morpholine rings is 1. The molecular weight excluding hydrogens is 362 g/mol. The fourth-order valence-corrected chi connectivity index (χ4v) is 4.79. The van der Waals surface area contributed by atoms with Gasteiger partial charge in [-0.25, -0.2) is 8.42 Å². The van der Waals surface area contributed by atoms with Crippen molar-refractivity contribution in [1.82, 2.24) is 4.31 Å². The first-order valence-corrected chi connectivity index (χ1v) is 8.63. The summed E-state index contributed by atoms with van der Waals surface area (Å²) in [6.45, 7) is 2.34. The minimum absolute atomic E-state index is 0.0505. The normalized spacial score (nSPS) is 20.4. The van der Waals surface area contributed by atoms with Gasteiger partial charge in [-0.2, -0.15) is 4.31 Å². The Labute approximate surface area is 131 Å². The SMILES string of the molecule is Cc1ccc(S(=O)(=O)N2CCOC(CC(=O)O)C2)c(Br)c1. The highest BCUT2D eigenvalue weighted by molar-refractivity contribution is 9.10. The van der Waals surface area contributed by atoms with Gasteiger partial charge in [0, 0.05) is 17.6 Å². The Morgan fingerprint density at radius 2 is 2.24 bits per heavy atom. The number of hydrogen-bond acceptors (Lipinski definition) is 4. The number of aliphatic carboxylic acids is 1. The molecule has 8 heteroatoms. The van der Waals surface area contributed by atoms with Crippen LogP contribution in [-0.4, -0.2) is 49.6 Å². The molecule has 0 saturated carbocycles. The molecule has 1 fully saturated rings. The first-order valence-electron chi connectivity index (χ1n) is 6.40. The summed E-state index contributed by atoms with van der Waals surface area (Å²) < 4.78 is 32.4. The number of ether oxygens (including phenoxy) is 1. The lowest BCUT2D eigenvalue weighted by Gasteiger charge is -2.31. The van der Waals surface area contributed by atoms with Gasteiger partial charge in [0.2, 0.25) is 10.0 Å². The molecule has 0 amide bonds. The van der Waals surface area contributed by atoms with Crippen LogP contribution in [0.4, 0.5) is 0 Å². The second-order valence-electron chi connectivity index (χ2n) is 4.89. The number of nitrogens with zero attached hydrogens (tertiary/aromatic N) is 1. The molecule has 1 unspecified atom stereocenters. The third kappa shape index (κ3) is 3.82. The van der Waals surface area contributed by atoms with Crippen molar-refractivity contribution in [2.24, 2.45) is 0 Å². The van der Waals surface area contributed by atoms with E-state index in [1.165, 1.54) is 4.31 Å². The standard InChI is InChI=1S/C13H16BrNO5S/c1-9-2-3-12(11(14)6-9)21(18,19)15-4-5-20-10(8-15)7-13(16)17/h2-3,6,10H,4-5,7-8H2,1H3,(H,16,17). The van der Waals surface area contributed by atoms with Crippen molar-refractivity contribution in [1.29, 1.82) is 0 Å². The van der Waals surface area contributed by atoms with Gasteiger partial charge in [-0.05, 0) is 40.5 Å². The second-order valence-corrected chi connectivity index (χ2v) is 7.65. The summed E-state index contributed by atoms with van der Waals surface area (Å²) in [7, 11) is -3.66. The molecule has 1 aromatic rings. The number of carbonyl (C=O) groups is 1. The highest BCUT2D eigenvalue weighted by atomic mass is 79.9. The second kappa shape index (κ2) is 6.43. The minimum Gasteiger partial charge on any atom is -0.481 e. The number of carboxylic acids is 1. The average Bonchev–Trinajstić information content (AvgIpc) is 2.37. The Morgan fingerprint density at radius 1 is 1.52 bits per heavy atom. The summed E-state index contributed by atoms with van der Waals surface area (Å²) in [5.74, 6) is -1.00. The first kappa shape index (κ1) is 16.4. The molecule has 1 saturated heterocycles. The Kier molecular flexibility index (Phi) is 5.03. The molecule has 116 valence electrons. The lowest BCUT2D eigenvalue weighted by Crippen LogP contribution is -2.46. The van der Waals surface area contributed by atoms with Gasteiger partial charge in [-0.3, -0.25) is 4.79 Å². The van der Waals surface area contributed by atoms with Crippen LogP contribution in [0.5, 0.6) is 0 Å². The summed E-state index contributed by atoms with van der Waals surface area (Å²) in [6.07, 6.45) is -0.823. The lowest BCUT2D eigenvalue weighted by atomic mass is 10.2. The number of hydrogen-bond donors (Lipinski definition) is 1. The molecule has 0 aliphatic carbocycles. The van der Waals surface area contributed by atoms with Gasteiger partial charge in [0.05, 0.1) is 24.0 Å². The van der Waals surface area contributed by atoms with Crippen molar-refractivity contribution in [2.75, 3.05) is 19.7 Å². The smallest absolute Gasteiger partial charge is 0.306 e. The summed E-state index contributed by atoms with van der Waals surface area (Å²) >= 11 is 3.27. The minimum atomic E-state index is -3.66. The number of sulfonamides is 1. The molecule has 1 atom stereocenters. The maximum absolute atomic E-state index is 12.6. The van der Waals surface area contributed by atoms with Crippen molar-refractivity contribution in [3.05, 3.63) is 28.2 Å². The van der Waals surface area contributed by atoms with Crippen LogP contribution in [0.2, 0.25) is 0 Å². The first-order chi connectivity index (χ1) is 9.80. The highest BCUT2D eigenvalue weighted by Gasteiger charge is 2.32. The van der Waals surface area contributed by atoms with Crippen molar-refractivity contribution in [3.8, 4) is 0 Å². The van der Waals surface area contributed by atoms with Gasteiger partial charge < -0.3 is 9.84 Å². The van der Waals surface area contributed by atoms with Gasteiger partial charge in [0.1, 0.15) is 0 Å². The predicted molar refractivity (Wildman–Crippen MR) is 79.6 cm³/mol. The van der Waals surface area contributed by atoms with Crippen molar-refractivity contribution in [3.63, 3.8) is 0 Å². The fourth-order valence-electron chi connectivity index (χ4n) is 2.18. The molecule has 0 spiro atoms. The third-order valence-corrected chi connectivity index (χ3v) is 6.05. The van der Waals surface area contributed by atoms with E-state index in [1.807, 2.05) is 6.92 Å². The van der Waals surface area contributed by atoms with Gasteiger partial charge in [0.25, 0.3) is 0 Å². The molecule has 1 aliphatic rings. The zero-order valence-electron chi connectivity index (χ0n) is 11.5. The molecule has 0 aromatic heterocycles. The van der Waals surface area contributed by atoms with E-state index in [0.717, 1.165) is 5.56 Å². The van der Waals surface area contributed by atoms with Gasteiger partial charge in [-0.1, -0.05) is 6.07 Å². The molecule has 1 aromatic carbocycles. The molecule has 0 radical (unpaired) electrons. The van der Waals surface area contributed by atoms with Crippen molar-refractivity contribution >= 4 is 31.9 Å². The monoisotopic (exact) mass is 377 g/mol. The van der Waals surface area contributed by atoms with Crippen LogP contribution in [0.1, 0.15) is 12.0 Å². The van der Waals surface area contributed by atoms with E-state index in [9.17, 15) is 13.2 Å². The van der Waals surface area contributed by atoms with Crippen LogP contribution >= 0.6 is 15.9 Å². The van der Waals surface area contributed by atoms with Crippen LogP contribution < -0.4 is 0 Å². The van der Waals surface area contributed by atoms with Crippen molar-refractivity contribution in [2.45, 2.75) is 24.3 Å². The molecule has 2 rings (SSSR count). The predicted octanol–water partition coefficient (Wildman–Crippen LogP) is 1.62. The molecule has 1 aliphatic heterocycles. The number of rotatable bonds is 4. The Balaban J connectivity index is 2.24. The zero-order chi connectivity index (χ0) is 15.6. The lowest BCUT2D eigenvalue weighted by molar-refractivity contribution is -0.141. The van der Waals surface area contributed by atoms with E-state index in [4.69, 9.17) is 9.84 Å². The van der Waals surface area contributed by atoms with Crippen LogP contribution in [0.15, 0.2) is 27.6 Å². The number of carboxylic acid groups (broad SMARTS) is 1. The molecular formula is C13H16BrNO5S. The number of aryl methyl sites for hydroxylation is 1. The Hall–Kier alpha value is -0.960. The van der Waals surface area contributed by atoms with Crippen molar-refractivity contribution < 1.29 is 23.1 Å². The quantitative estimate of drug-likeness (QED) is 0.861. The van der Waals surface area contributed by atoms with Gasteiger partial charge >= 0.3 is 5.97 Å². The molecule has 1 heterocycles. The van der Waals surface area contributed by atoms with E-state index in [-0.39, 0.29) is 31.0 Å². The topological polar surface area (TPSA) is 83.9 Å². The fraction of sp³-hybridized carbons (Fsp3) is 0.462. The summed E-state index contributed by atoms with van der Waals surface area (Å²) in [5.41, 5.74) is 0.951. The highest BCUT2D eigenvalue weighted by Crippen LogP contribution is 2.27. The largest absolute Gasteiger partial charge is 0.481 e. The van der Waals surface area contributed by atoms with E-state index in [0.29, 0.717) is 4.47 Å². The van der Waals surface area contributed by atoms with E-state index < -0.39 is 22.1 Å². The van der Waals surface area contributed by atoms with E-state index in [2.05, 4.69) is 15.9 Å². The third-order valence-electron chi connectivity index (χ3n) is 3.21. The average molecular weight is 378 g/mol. The Bertz CT molecular complexity index is 646. The summed E-state index contributed by atoms with van der Waals surface area (Å²) in [6, 6.07) is 5.02. The van der Waals surface area contributed by atoms with E-state index in [1.54, 1.807) is 18.2 Å². The maximum Gasteiger partial charge on any atom is 0.306 e. The van der Waals surface area contributed by atoms with Crippen LogP contribution in [0, 0.1) is 6.92 Å². The molecule has 6 nitrogen and oxygen atoms in total.